The quantitative estimate of drug-likeness (QED) is 0.838. The number of nitrogen functional groups attached to an aromatic ring is 1. The SMILES string of the molecule is CC(C)Oc1cc(N2CCN(Cc3cc(C(C)C)no3)CC2)nc(N)n1. The van der Waals surface area contributed by atoms with Crippen molar-refractivity contribution >= 4 is 11.8 Å². The van der Waals surface area contributed by atoms with Crippen molar-refractivity contribution in [3.63, 3.8) is 0 Å². The van der Waals surface area contributed by atoms with E-state index in [4.69, 9.17) is 15.0 Å². The molecule has 8 heteroatoms. The first-order valence-corrected chi connectivity index (χ1v) is 9.14. The van der Waals surface area contributed by atoms with Crippen LogP contribution >= 0.6 is 0 Å². The molecule has 0 radical (unpaired) electrons. The van der Waals surface area contributed by atoms with Crippen molar-refractivity contribution in [3.05, 3.63) is 23.6 Å². The van der Waals surface area contributed by atoms with Crippen LogP contribution in [0.2, 0.25) is 0 Å². The van der Waals surface area contributed by atoms with Gasteiger partial charge in [0.25, 0.3) is 0 Å². The number of aromatic nitrogens is 3. The average Bonchev–Trinajstić information content (AvgIpc) is 3.03. The molecule has 1 aliphatic heterocycles. The number of ether oxygens (including phenoxy) is 1. The maximum atomic E-state index is 5.84. The van der Waals surface area contributed by atoms with Crippen molar-refractivity contribution in [3.8, 4) is 5.88 Å². The molecule has 0 saturated carbocycles. The van der Waals surface area contributed by atoms with Gasteiger partial charge in [-0.1, -0.05) is 19.0 Å². The van der Waals surface area contributed by atoms with E-state index in [2.05, 4.69) is 44.8 Å². The molecule has 0 aliphatic carbocycles. The minimum atomic E-state index is 0.0478. The Morgan fingerprint density at radius 2 is 1.85 bits per heavy atom. The van der Waals surface area contributed by atoms with Crippen LogP contribution < -0.4 is 15.4 Å². The van der Waals surface area contributed by atoms with Gasteiger partial charge in [-0.15, -0.1) is 0 Å². The third-order valence-corrected chi connectivity index (χ3v) is 4.31. The van der Waals surface area contributed by atoms with Gasteiger partial charge < -0.3 is 19.9 Å². The number of anilines is 2. The van der Waals surface area contributed by atoms with E-state index in [1.54, 1.807) is 0 Å². The van der Waals surface area contributed by atoms with Crippen LogP contribution in [0.15, 0.2) is 16.7 Å². The zero-order valence-electron chi connectivity index (χ0n) is 16.0. The maximum absolute atomic E-state index is 5.84. The fraction of sp³-hybridized carbons (Fsp3) is 0.611. The van der Waals surface area contributed by atoms with Crippen LogP contribution in [0.4, 0.5) is 11.8 Å². The molecule has 0 spiro atoms. The van der Waals surface area contributed by atoms with E-state index in [9.17, 15) is 0 Å². The molecule has 1 saturated heterocycles. The molecule has 1 aliphatic rings. The smallest absolute Gasteiger partial charge is 0.225 e. The summed E-state index contributed by atoms with van der Waals surface area (Å²) in [7, 11) is 0. The second-order valence-corrected chi connectivity index (χ2v) is 7.23. The Labute approximate surface area is 154 Å². The van der Waals surface area contributed by atoms with Gasteiger partial charge in [-0.05, 0) is 19.8 Å². The summed E-state index contributed by atoms with van der Waals surface area (Å²) in [5, 5.41) is 4.13. The highest BCUT2D eigenvalue weighted by Crippen LogP contribution is 2.22. The van der Waals surface area contributed by atoms with E-state index in [1.807, 2.05) is 19.9 Å². The van der Waals surface area contributed by atoms with Gasteiger partial charge in [-0.3, -0.25) is 4.90 Å². The van der Waals surface area contributed by atoms with Crippen molar-refractivity contribution in [2.24, 2.45) is 0 Å². The lowest BCUT2D eigenvalue weighted by molar-refractivity contribution is 0.218. The van der Waals surface area contributed by atoms with E-state index in [0.29, 0.717) is 11.8 Å². The largest absolute Gasteiger partial charge is 0.475 e. The highest BCUT2D eigenvalue weighted by Gasteiger charge is 2.21. The summed E-state index contributed by atoms with van der Waals surface area (Å²) in [6.45, 7) is 12.5. The molecule has 0 aromatic carbocycles. The van der Waals surface area contributed by atoms with Gasteiger partial charge in [0.05, 0.1) is 18.3 Å². The predicted octanol–water partition coefficient (Wildman–Crippen LogP) is 2.28. The fourth-order valence-corrected chi connectivity index (χ4v) is 2.93. The average molecular weight is 360 g/mol. The third-order valence-electron chi connectivity index (χ3n) is 4.31. The standard InChI is InChI=1S/C18H28N6O2/c1-12(2)15-9-14(26-22-15)11-23-5-7-24(8-6-23)16-10-17(25-13(3)4)21-18(19)20-16/h9-10,12-13H,5-8,11H2,1-4H3,(H2,19,20,21). The number of nitrogens with two attached hydrogens (primary N) is 1. The second-order valence-electron chi connectivity index (χ2n) is 7.23. The minimum Gasteiger partial charge on any atom is -0.475 e. The molecule has 142 valence electrons. The molecule has 3 heterocycles. The Kier molecular flexibility index (Phi) is 5.61. The lowest BCUT2D eigenvalue weighted by Gasteiger charge is -2.34. The minimum absolute atomic E-state index is 0.0478. The zero-order valence-corrected chi connectivity index (χ0v) is 16.0. The summed E-state index contributed by atoms with van der Waals surface area (Å²) in [5.41, 5.74) is 6.85. The number of nitrogens with zero attached hydrogens (tertiary/aromatic N) is 5. The molecule has 0 atom stereocenters. The molecule has 2 aromatic heterocycles. The van der Waals surface area contributed by atoms with Gasteiger partial charge in [0, 0.05) is 38.3 Å². The lowest BCUT2D eigenvalue weighted by atomic mass is 10.1. The molecule has 0 bridgehead atoms. The molecule has 2 aromatic rings. The summed E-state index contributed by atoms with van der Waals surface area (Å²) < 4.78 is 11.1. The van der Waals surface area contributed by atoms with Gasteiger partial charge in [0.1, 0.15) is 5.82 Å². The van der Waals surface area contributed by atoms with Crippen molar-refractivity contribution in [1.82, 2.24) is 20.0 Å². The van der Waals surface area contributed by atoms with E-state index >= 15 is 0 Å². The van der Waals surface area contributed by atoms with Crippen LogP contribution in [0.5, 0.6) is 5.88 Å². The van der Waals surface area contributed by atoms with E-state index in [1.165, 1.54) is 0 Å². The second kappa shape index (κ2) is 7.90. The number of piperazine rings is 1. The summed E-state index contributed by atoms with van der Waals surface area (Å²) in [5.74, 6) is 2.88. The molecule has 1 fully saturated rings. The third kappa shape index (κ3) is 4.63. The van der Waals surface area contributed by atoms with Crippen molar-refractivity contribution < 1.29 is 9.26 Å². The predicted molar refractivity (Wildman–Crippen MR) is 100 cm³/mol. The summed E-state index contributed by atoms with van der Waals surface area (Å²) in [6, 6.07) is 3.91. The normalized spacial score (nSPS) is 15.8. The molecule has 0 amide bonds. The van der Waals surface area contributed by atoms with Gasteiger partial charge in [-0.25, -0.2) is 0 Å². The van der Waals surface area contributed by atoms with Crippen LogP contribution in [-0.2, 0) is 6.54 Å². The summed E-state index contributed by atoms with van der Waals surface area (Å²) >= 11 is 0. The molecule has 3 rings (SSSR count). The monoisotopic (exact) mass is 360 g/mol. The Morgan fingerprint density at radius 3 is 2.46 bits per heavy atom. The highest BCUT2D eigenvalue weighted by molar-refractivity contribution is 5.46. The van der Waals surface area contributed by atoms with E-state index in [0.717, 1.165) is 50.0 Å². The van der Waals surface area contributed by atoms with Crippen LogP contribution in [0, 0.1) is 0 Å². The van der Waals surface area contributed by atoms with Gasteiger partial charge in [-0.2, -0.15) is 9.97 Å². The van der Waals surface area contributed by atoms with E-state index in [-0.39, 0.29) is 12.1 Å². The van der Waals surface area contributed by atoms with E-state index < -0.39 is 0 Å². The summed E-state index contributed by atoms with van der Waals surface area (Å²) in [4.78, 5) is 13.1. The van der Waals surface area contributed by atoms with Gasteiger partial charge >= 0.3 is 0 Å². The maximum Gasteiger partial charge on any atom is 0.225 e. The van der Waals surface area contributed by atoms with Crippen LogP contribution in [0.3, 0.4) is 0 Å². The summed E-state index contributed by atoms with van der Waals surface area (Å²) in [6.07, 6.45) is 0.0478. The molecular formula is C18H28N6O2. The van der Waals surface area contributed by atoms with Crippen molar-refractivity contribution in [1.29, 1.82) is 0 Å². The van der Waals surface area contributed by atoms with Crippen LogP contribution in [0.1, 0.15) is 45.1 Å². The van der Waals surface area contributed by atoms with Crippen LogP contribution in [0.25, 0.3) is 0 Å². The van der Waals surface area contributed by atoms with Gasteiger partial charge in [0.2, 0.25) is 11.8 Å². The van der Waals surface area contributed by atoms with Gasteiger partial charge in [0.15, 0.2) is 5.76 Å². The number of hydrogen-bond acceptors (Lipinski definition) is 8. The van der Waals surface area contributed by atoms with Crippen molar-refractivity contribution in [2.45, 2.75) is 46.3 Å². The first-order chi connectivity index (χ1) is 12.4. The van der Waals surface area contributed by atoms with Crippen molar-refractivity contribution in [2.75, 3.05) is 36.8 Å². The molecule has 8 nitrogen and oxygen atoms in total. The Bertz CT molecular complexity index is 722. The first-order valence-electron chi connectivity index (χ1n) is 9.14. The molecule has 26 heavy (non-hydrogen) atoms. The lowest BCUT2D eigenvalue weighted by Crippen LogP contribution is -2.46. The Morgan fingerprint density at radius 1 is 1.12 bits per heavy atom. The topological polar surface area (TPSA) is 93.5 Å². The van der Waals surface area contributed by atoms with Crippen LogP contribution in [-0.4, -0.2) is 52.3 Å². The Hall–Kier alpha value is -2.35. The molecular weight excluding hydrogens is 332 g/mol. The zero-order chi connectivity index (χ0) is 18.7. The first kappa shape index (κ1) is 18.4. The molecule has 2 N–H and O–H groups in total. The molecule has 0 unspecified atom stereocenters. The Balaban J connectivity index is 1.58. The fourth-order valence-electron chi connectivity index (χ4n) is 2.93. The highest BCUT2D eigenvalue weighted by atomic mass is 16.5. The number of hydrogen-bond donors (Lipinski definition) is 1. The number of rotatable bonds is 6.